The Balaban J connectivity index is 1.76. The molecular formula is C16H21N3O3. The predicted octanol–water partition coefficient (Wildman–Crippen LogP) is 1.72. The second-order valence-corrected chi connectivity index (χ2v) is 4.90. The standard InChI is InChI=1S/C16H21N3O3/c1-21-14-5-3-12(9-15(14)22-2)4-6-16(20)17-8-7-13-10-18-19-11-13/h3,5,9-11H,4,6-8H2,1-2H3,(H,17,20)(H,18,19). The summed E-state index contributed by atoms with van der Waals surface area (Å²) in [6.45, 7) is 0.615. The number of amides is 1. The SMILES string of the molecule is COc1ccc(CCC(=O)NCCc2cn[nH]c2)cc1OC. The van der Waals surface area contributed by atoms with Crippen molar-refractivity contribution in [2.24, 2.45) is 0 Å². The zero-order chi connectivity index (χ0) is 15.8. The number of rotatable bonds is 8. The molecule has 0 radical (unpaired) electrons. The molecule has 6 heteroatoms. The molecule has 0 aliphatic carbocycles. The molecule has 6 nitrogen and oxygen atoms in total. The Morgan fingerprint density at radius 2 is 2.00 bits per heavy atom. The van der Waals surface area contributed by atoms with E-state index in [-0.39, 0.29) is 5.91 Å². The summed E-state index contributed by atoms with van der Waals surface area (Å²) in [5, 5.41) is 9.52. The van der Waals surface area contributed by atoms with Crippen LogP contribution in [0, 0.1) is 0 Å². The molecule has 0 saturated carbocycles. The van der Waals surface area contributed by atoms with Gasteiger partial charge < -0.3 is 14.8 Å². The molecule has 0 saturated heterocycles. The van der Waals surface area contributed by atoms with Crippen LogP contribution in [0.2, 0.25) is 0 Å². The van der Waals surface area contributed by atoms with Gasteiger partial charge in [0.2, 0.25) is 5.91 Å². The van der Waals surface area contributed by atoms with E-state index in [2.05, 4.69) is 15.5 Å². The molecule has 2 rings (SSSR count). The van der Waals surface area contributed by atoms with Gasteiger partial charge in [-0.3, -0.25) is 9.89 Å². The summed E-state index contributed by atoms with van der Waals surface area (Å²) in [7, 11) is 3.20. The van der Waals surface area contributed by atoms with Crippen LogP contribution in [-0.2, 0) is 17.6 Å². The number of aromatic nitrogens is 2. The third-order valence-corrected chi connectivity index (χ3v) is 3.38. The van der Waals surface area contributed by atoms with Gasteiger partial charge in [0.15, 0.2) is 11.5 Å². The number of carbonyl (C=O) groups is 1. The minimum absolute atomic E-state index is 0.0401. The number of nitrogens with zero attached hydrogens (tertiary/aromatic N) is 1. The van der Waals surface area contributed by atoms with E-state index in [9.17, 15) is 4.79 Å². The summed E-state index contributed by atoms with van der Waals surface area (Å²) in [6, 6.07) is 5.70. The second kappa shape index (κ2) is 8.07. The summed E-state index contributed by atoms with van der Waals surface area (Å²) < 4.78 is 10.4. The fraction of sp³-hybridized carbons (Fsp3) is 0.375. The van der Waals surface area contributed by atoms with Crippen molar-refractivity contribution >= 4 is 5.91 Å². The fourth-order valence-corrected chi connectivity index (χ4v) is 2.14. The largest absolute Gasteiger partial charge is 0.493 e. The van der Waals surface area contributed by atoms with Gasteiger partial charge >= 0.3 is 0 Å². The number of hydrogen-bond donors (Lipinski definition) is 2. The molecule has 0 bridgehead atoms. The van der Waals surface area contributed by atoms with Crippen molar-refractivity contribution < 1.29 is 14.3 Å². The van der Waals surface area contributed by atoms with Crippen molar-refractivity contribution in [2.75, 3.05) is 20.8 Å². The smallest absolute Gasteiger partial charge is 0.220 e. The summed E-state index contributed by atoms with van der Waals surface area (Å²) in [5.74, 6) is 1.41. The van der Waals surface area contributed by atoms with Crippen molar-refractivity contribution in [1.29, 1.82) is 0 Å². The molecule has 2 N–H and O–H groups in total. The lowest BCUT2D eigenvalue weighted by atomic mass is 10.1. The number of ether oxygens (including phenoxy) is 2. The maximum absolute atomic E-state index is 11.8. The topological polar surface area (TPSA) is 76.2 Å². The number of methoxy groups -OCH3 is 2. The maximum Gasteiger partial charge on any atom is 0.220 e. The monoisotopic (exact) mass is 303 g/mol. The van der Waals surface area contributed by atoms with Crippen molar-refractivity contribution in [3.63, 3.8) is 0 Å². The minimum atomic E-state index is 0.0401. The highest BCUT2D eigenvalue weighted by atomic mass is 16.5. The lowest BCUT2D eigenvalue weighted by Crippen LogP contribution is -2.25. The summed E-state index contributed by atoms with van der Waals surface area (Å²) >= 11 is 0. The molecule has 0 atom stereocenters. The molecule has 2 aromatic rings. The molecule has 1 aromatic carbocycles. The van der Waals surface area contributed by atoms with E-state index in [0.29, 0.717) is 30.9 Å². The maximum atomic E-state index is 11.8. The van der Waals surface area contributed by atoms with E-state index >= 15 is 0 Å². The summed E-state index contributed by atoms with van der Waals surface area (Å²) in [6.07, 6.45) is 5.48. The van der Waals surface area contributed by atoms with Crippen molar-refractivity contribution in [3.05, 3.63) is 41.7 Å². The molecule has 118 valence electrons. The van der Waals surface area contributed by atoms with E-state index in [0.717, 1.165) is 17.5 Å². The van der Waals surface area contributed by atoms with E-state index in [1.165, 1.54) is 0 Å². The van der Waals surface area contributed by atoms with Crippen molar-refractivity contribution in [3.8, 4) is 11.5 Å². The highest BCUT2D eigenvalue weighted by Crippen LogP contribution is 2.27. The van der Waals surface area contributed by atoms with Crippen LogP contribution >= 0.6 is 0 Å². The number of carbonyl (C=O) groups excluding carboxylic acids is 1. The number of benzene rings is 1. The van der Waals surface area contributed by atoms with Crippen LogP contribution in [0.4, 0.5) is 0 Å². The van der Waals surface area contributed by atoms with Gasteiger partial charge in [-0.05, 0) is 36.1 Å². The van der Waals surface area contributed by atoms with Crippen molar-refractivity contribution in [1.82, 2.24) is 15.5 Å². The Labute approximate surface area is 129 Å². The molecule has 0 unspecified atom stereocenters. The quantitative estimate of drug-likeness (QED) is 0.778. The van der Waals surface area contributed by atoms with Gasteiger partial charge in [0.25, 0.3) is 0 Å². The Kier molecular flexibility index (Phi) is 5.82. The van der Waals surface area contributed by atoms with Crippen LogP contribution in [0.1, 0.15) is 17.5 Å². The van der Waals surface area contributed by atoms with E-state index in [1.54, 1.807) is 20.4 Å². The fourth-order valence-electron chi connectivity index (χ4n) is 2.14. The van der Waals surface area contributed by atoms with Gasteiger partial charge in [0.1, 0.15) is 0 Å². The van der Waals surface area contributed by atoms with Crippen LogP contribution in [0.3, 0.4) is 0 Å². The first-order chi connectivity index (χ1) is 10.7. The Morgan fingerprint density at radius 3 is 2.68 bits per heavy atom. The molecular weight excluding hydrogens is 282 g/mol. The summed E-state index contributed by atoms with van der Waals surface area (Å²) in [5.41, 5.74) is 2.13. The highest BCUT2D eigenvalue weighted by Gasteiger charge is 2.07. The van der Waals surface area contributed by atoms with Gasteiger partial charge in [-0.2, -0.15) is 5.10 Å². The van der Waals surface area contributed by atoms with Crippen LogP contribution in [-0.4, -0.2) is 36.9 Å². The molecule has 0 aliphatic heterocycles. The Hall–Kier alpha value is -2.50. The Bertz CT molecular complexity index is 597. The third kappa shape index (κ3) is 4.51. The number of nitrogens with one attached hydrogen (secondary N) is 2. The number of aryl methyl sites for hydroxylation is 1. The van der Waals surface area contributed by atoms with Gasteiger partial charge in [0.05, 0.1) is 20.4 Å². The van der Waals surface area contributed by atoms with Gasteiger partial charge in [-0.25, -0.2) is 0 Å². The Morgan fingerprint density at radius 1 is 1.18 bits per heavy atom. The lowest BCUT2D eigenvalue weighted by Gasteiger charge is -2.09. The average molecular weight is 303 g/mol. The average Bonchev–Trinajstić information content (AvgIpc) is 3.06. The van der Waals surface area contributed by atoms with E-state index < -0.39 is 0 Å². The molecule has 0 aliphatic rings. The minimum Gasteiger partial charge on any atom is -0.493 e. The number of hydrogen-bond acceptors (Lipinski definition) is 4. The van der Waals surface area contributed by atoms with Crippen LogP contribution in [0.5, 0.6) is 11.5 Å². The molecule has 1 heterocycles. The lowest BCUT2D eigenvalue weighted by molar-refractivity contribution is -0.121. The zero-order valence-electron chi connectivity index (χ0n) is 12.9. The van der Waals surface area contributed by atoms with Crippen molar-refractivity contribution in [2.45, 2.75) is 19.3 Å². The van der Waals surface area contributed by atoms with Crippen LogP contribution < -0.4 is 14.8 Å². The molecule has 1 aromatic heterocycles. The number of H-pyrrole nitrogens is 1. The van der Waals surface area contributed by atoms with Gasteiger partial charge in [-0.15, -0.1) is 0 Å². The van der Waals surface area contributed by atoms with Gasteiger partial charge in [0, 0.05) is 19.2 Å². The summed E-state index contributed by atoms with van der Waals surface area (Å²) in [4.78, 5) is 11.8. The second-order valence-electron chi connectivity index (χ2n) is 4.90. The first-order valence-electron chi connectivity index (χ1n) is 7.18. The van der Waals surface area contributed by atoms with Crippen LogP contribution in [0.15, 0.2) is 30.6 Å². The van der Waals surface area contributed by atoms with E-state index in [1.807, 2.05) is 24.4 Å². The number of aromatic amines is 1. The molecule has 0 spiro atoms. The molecule has 1 amide bonds. The first kappa shape index (κ1) is 15.9. The molecule has 0 fully saturated rings. The predicted molar refractivity (Wildman–Crippen MR) is 83.2 cm³/mol. The van der Waals surface area contributed by atoms with Crippen LogP contribution in [0.25, 0.3) is 0 Å². The molecule has 22 heavy (non-hydrogen) atoms. The highest BCUT2D eigenvalue weighted by molar-refractivity contribution is 5.76. The first-order valence-corrected chi connectivity index (χ1v) is 7.18. The van der Waals surface area contributed by atoms with Gasteiger partial charge in [-0.1, -0.05) is 6.07 Å². The zero-order valence-corrected chi connectivity index (χ0v) is 12.9. The third-order valence-electron chi connectivity index (χ3n) is 3.38. The van der Waals surface area contributed by atoms with E-state index in [4.69, 9.17) is 9.47 Å². The normalized spacial score (nSPS) is 10.3.